The van der Waals surface area contributed by atoms with Gasteiger partial charge in [-0.25, -0.2) is 4.79 Å². The predicted octanol–water partition coefficient (Wildman–Crippen LogP) is -0.620. The van der Waals surface area contributed by atoms with Crippen LogP contribution in [-0.2, 0) is 9.59 Å². The largest absolute Gasteiger partial charge is 0.490 e. The number of carboxylic acid groups (broad SMARTS) is 2. The zero-order chi connectivity index (χ0) is 12.6. The maximum atomic E-state index is 10.6. The molecule has 9 heteroatoms. The zero-order valence-corrected chi connectivity index (χ0v) is 7.49. The fourth-order valence-electron chi connectivity index (χ4n) is 0.303. The Morgan fingerprint density at radius 1 is 1.27 bits per heavy atom. The van der Waals surface area contributed by atoms with Gasteiger partial charge in [0.15, 0.2) is 0 Å². The fourth-order valence-corrected chi connectivity index (χ4v) is 0.303. The van der Waals surface area contributed by atoms with Crippen molar-refractivity contribution in [1.82, 2.24) is 0 Å². The highest BCUT2D eigenvalue weighted by Crippen LogP contribution is 2.13. The van der Waals surface area contributed by atoms with E-state index in [1.165, 1.54) is 0 Å². The van der Waals surface area contributed by atoms with E-state index in [0.29, 0.717) is 13.0 Å². The fraction of sp³-hybridized carbons (Fsp3) is 0.667. The Labute approximate surface area is 82.7 Å². The van der Waals surface area contributed by atoms with Gasteiger partial charge in [0.05, 0.1) is 0 Å². The average molecular weight is 232 g/mol. The molecule has 0 heterocycles. The van der Waals surface area contributed by atoms with Crippen molar-refractivity contribution in [3.63, 3.8) is 0 Å². The molecule has 0 aromatic rings. The van der Waals surface area contributed by atoms with E-state index in [4.69, 9.17) is 26.5 Å². The SMILES string of the molecule is NCCC(N)C(=O)O.O=C(O)C(F)(F)F. The van der Waals surface area contributed by atoms with Crippen molar-refractivity contribution < 1.29 is 33.0 Å². The van der Waals surface area contributed by atoms with Crippen LogP contribution in [0.4, 0.5) is 13.2 Å². The van der Waals surface area contributed by atoms with Gasteiger partial charge in [0.2, 0.25) is 0 Å². The minimum Gasteiger partial charge on any atom is -0.480 e. The number of hydrogen-bond donors (Lipinski definition) is 4. The second-order valence-electron chi connectivity index (χ2n) is 2.32. The molecule has 0 aromatic heterocycles. The molecule has 0 rings (SSSR count). The molecule has 0 bridgehead atoms. The maximum Gasteiger partial charge on any atom is 0.490 e. The molecule has 0 amide bonds. The Morgan fingerprint density at radius 3 is 1.67 bits per heavy atom. The van der Waals surface area contributed by atoms with Gasteiger partial charge in [-0.2, -0.15) is 13.2 Å². The highest BCUT2D eigenvalue weighted by molar-refractivity contribution is 5.73. The third kappa shape index (κ3) is 10.6. The monoisotopic (exact) mass is 232 g/mol. The Hall–Kier alpha value is -1.35. The lowest BCUT2D eigenvalue weighted by molar-refractivity contribution is -0.192. The van der Waals surface area contributed by atoms with E-state index in [-0.39, 0.29) is 0 Å². The summed E-state index contributed by atoms with van der Waals surface area (Å²) < 4.78 is 31.7. The van der Waals surface area contributed by atoms with Gasteiger partial charge >= 0.3 is 18.1 Å². The first-order valence-corrected chi connectivity index (χ1v) is 3.61. The molecule has 0 aromatic carbocycles. The summed E-state index contributed by atoms with van der Waals surface area (Å²) in [5, 5.41) is 15.3. The summed E-state index contributed by atoms with van der Waals surface area (Å²) in [4.78, 5) is 18.8. The van der Waals surface area contributed by atoms with E-state index in [1.807, 2.05) is 0 Å². The maximum absolute atomic E-state index is 10.6. The summed E-state index contributed by atoms with van der Waals surface area (Å²) in [6.07, 6.45) is -4.74. The first-order chi connectivity index (χ1) is 6.62. The molecule has 0 aliphatic rings. The molecule has 90 valence electrons. The van der Waals surface area contributed by atoms with E-state index >= 15 is 0 Å². The minimum absolute atomic E-state index is 0.327. The summed E-state index contributed by atoms with van der Waals surface area (Å²) in [6.45, 7) is 0.327. The zero-order valence-electron chi connectivity index (χ0n) is 7.49. The molecule has 0 aliphatic carbocycles. The van der Waals surface area contributed by atoms with Crippen LogP contribution in [-0.4, -0.2) is 40.9 Å². The van der Waals surface area contributed by atoms with Crippen molar-refractivity contribution in [2.45, 2.75) is 18.6 Å². The molecular formula is C6H11F3N2O4. The number of aliphatic carboxylic acids is 2. The Balaban J connectivity index is 0. The van der Waals surface area contributed by atoms with Crippen molar-refractivity contribution in [3.05, 3.63) is 0 Å². The second kappa shape index (κ2) is 7.01. The lowest BCUT2D eigenvalue weighted by Gasteiger charge is -2.00. The summed E-state index contributed by atoms with van der Waals surface area (Å²) in [5.74, 6) is -3.75. The summed E-state index contributed by atoms with van der Waals surface area (Å²) in [6, 6.07) is -0.792. The second-order valence-corrected chi connectivity index (χ2v) is 2.32. The molecule has 6 nitrogen and oxygen atoms in total. The number of nitrogens with two attached hydrogens (primary N) is 2. The topological polar surface area (TPSA) is 127 Å². The summed E-state index contributed by atoms with van der Waals surface area (Å²) >= 11 is 0. The Morgan fingerprint density at radius 2 is 1.60 bits per heavy atom. The molecule has 0 spiro atoms. The van der Waals surface area contributed by atoms with E-state index in [9.17, 15) is 18.0 Å². The molecule has 0 saturated carbocycles. The van der Waals surface area contributed by atoms with E-state index in [2.05, 4.69) is 0 Å². The lowest BCUT2D eigenvalue weighted by Crippen LogP contribution is -2.32. The molecule has 0 radical (unpaired) electrons. The van der Waals surface area contributed by atoms with Crippen LogP contribution in [0, 0.1) is 0 Å². The van der Waals surface area contributed by atoms with Crippen molar-refractivity contribution in [2.24, 2.45) is 11.5 Å². The number of rotatable bonds is 3. The molecule has 15 heavy (non-hydrogen) atoms. The average Bonchev–Trinajstić information content (AvgIpc) is 2.03. The van der Waals surface area contributed by atoms with Crippen LogP contribution in [0.5, 0.6) is 0 Å². The quantitative estimate of drug-likeness (QED) is 0.513. The van der Waals surface area contributed by atoms with Crippen LogP contribution in [0.3, 0.4) is 0 Å². The number of halogens is 3. The highest BCUT2D eigenvalue weighted by atomic mass is 19.4. The molecule has 1 unspecified atom stereocenters. The molecule has 0 fully saturated rings. The van der Waals surface area contributed by atoms with Gasteiger partial charge in [0, 0.05) is 0 Å². The van der Waals surface area contributed by atoms with Gasteiger partial charge in [0.1, 0.15) is 6.04 Å². The number of carboxylic acids is 2. The number of carbonyl (C=O) groups is 2. The van der Waals surface area contributed by atoms with Gasteiger partial charge in [-0.3, -0.25) is 4.79 Å². The minimum atomic E-state index is -5.08. The highest BCUT2D eigenvalue weighted by Gasteiger charge is 2.38. The van der Waals surface area contributed by atoms with Crippen LogP contribution in [0.25, 0.3) is 0 Å². The van der Waals surface area contributed by atoms with Crippen molar-refractivity contribution in [3.8, 4) is 0 Å². The first kappa shape index (κ1) is 16.1. The van der Waals surface area contributed by atoms with Crippen LogP contribution in [0.1, 0.15) is 6.42 Å². The number of alkyl halides is 3. The van der Waals surface area contributed by atoms with Crippen LogP contribution >= 0.6 is 0 Å². The van der Waals surface area contributed by atoms with Gasteiger partial charge in [-0.15, -0.1) is 0 Å². The third-order valence-corrected chi connectivity index (χ3v) is 1.04. The summed E-state index contributed by atoms with van der Waals surface area (Å²) in [7, 11) is 0. The van der Waals surface area contributed by atoms with Gasteiger partial charge in [-0.1, -0.05) is 0 Å². The van der Waals surface area contributed by atoms with Crippen molar-refractivity contribution >= 4 is 11.9 Å². The predicted molar refractivity (Wildman–Crippen MR) is 43.0 cm³/mol. The van der Waals surface area contributed by atoms with Gasteiger partial charge < -0.3 is 21.7 Å². The third-order valence-electron chi connectivity index (χ3n) is 1.04. The lowest BCUT2D eigenvalue weighted by atomic mass is 10.2. The molecule has 1 atom stereocenters. The molecule has 6 N–H and O–H groups in total. The molecule has 0 aliphatic heterocycles. The van der Waals surface area contributed by atoms with E-state index in [1.54, 1.807) is 0 Å². The van der Waals surface area contributed by atoms with E-state index in [0.717, 1.165) is 0 Å². The number of hydrogen-bond acceptors (Lipinski definition) is 4. The van der Waals surface area contributed by atoms with E-state index < -0.39 is 24.2 Å². The standard InChI is InChI=1S/C4H10N2O2.C2HF3O2/c5-2-1-3(6)4(7)8;3-2(4,5)1(6)7/h3H,1-2,5-6H2,(H,7,8);(H,6,7). The molecule has 0 saturated heterocycles. The van der Waals surface area contributed by atoms with Crippen molar-refractivity contribution in [2.75, 3.05) is 6.54 Å². The normalized spacial score (nSPS) is 12.3. The van der Waals surface area contributed by atoms with Crippen LogP contribution < -0.4 is 11.5 Å². The Bertz CT molecular complexity index is 219. The smallest absolute Gasteiger partial charge is 0.480 e. The first-order valence-electron chi connectivity index (χ1n) is 3.61. The Kier molecular flexibility index (Phi) is 7.52. The molecular weight excluding hydrogens is 221 g/mol. The van der Waals surface area contributed by atoms with Crippen LogP contribution in [0.2, 0.25) is 0 Å². The van der Waals surface area contributed by atoms with Crippen LogP contribution in [0.15, 0.2) is 0 Å². The summed E-state index contributed by atoms with van der Waals surface area (Å²) in [5.41, 5.74) is 10.1. The van der Waals surface area contributed by atoms with Crippen molar-refractivity contribution in [1.29, 1.82) is 0 Å². The van der Waals surface area contributed by atoms with Gasteiger partial charge in [-0.05, 0) is 13.0 Å². The van der Waals surface area contributed by atoms with Gasteiger partial charge in [0.25, 0.3) is 0 Å².